The quantitative estimate of drug-likeness (QED) is 0.352. The molecule has 92 valence electrons. The molecule has 6 nitrogen and oxygen atoms in total. The van der Waals surface area contributed by atoms with Gasteiger partial charge in [-0.3, -0.25) is 0 Å². The molecule has 0 aliphatic rings. The lowest BCUT2D eigenvalue weighted by Gasteiger charge is -2.09. The monoisotopic (exact) mass is 232 g/mol. The maximum Gasteiger partial charge on any atom is 0.335 e. The Morgan fingerprint density at radius 1 is 1.50 bits per heavy atom. The van der Waals surface area contributed by atoms with Crippen LogP contribution >= 0.6 is 0 Å². The van der Waals surface area contributed by atoms with Crippen LogP contribution in [-0.4, -0.2) is 40.2 Å². The Bertz CT molecular complexity index is 258. The Balaban J connectivity index is 0. The zero-order chi connectivity index (χ0) is 13.1. The average molecular weight is 232 g/mol. The van der Waals surface area contributed by atoms with Gasteiger partial charge in [0, 0.05) is 24.7 Å². The molecular formula is C10H16O6. The second-order valence-electron chi connectivity index (χ2n) is 2.69. The first-order valence-electron chi connectivity index (χ1n) is 4.35. The lowest BCUT2D eigenvalue weighted by Crippen LogP contribution is -2.18. The number of esters is 1. The molecule has 0 aliphatic carbocycles. The molecule has 0 aliphatic heterocycles. The molecule has 0 amide bonds. The highest BCUT2D eigenvalue weighted by Crippen LogP contribution is 1.98. The van der Waals surface area contributed by atoms with Crippen LogP contribution in [0.2, 0.25) is 0 Å². The Hall–Kier alpha value is -1.66. The van der Waals surface area contributed by atoms with Gasteiger partial charge in [0.15, 0.2) is 0 Å². The van der Waals surface area contributed by atoms with Crippen LogP contribution in [0.3, 0.4) is 0 Å². The van der Waals surface area contributed by atoms with Crippen molar-refractivity contribution in [3.8, 4) is 0 Å². The molecule has 6 heteroatoms. The minimum absolute atomic E-state index is 0.0268. The largest absolute Gasteiger partial charge is 0.478 e. The number of aliphatic hydroxyl groups excluding tert-OH is 2. The number of rotatable bonds is 5. The summed E-state index contributed by atoms with van der Waals surface area (Å²) in [4.78, 5) is 19.9. The van der Waals surface area contributed by atoms with Crippen LogP contribution in [0.25, 0.3) is 0 Å². The Kier molecular flexibility index (Phi) is 10.3. The predicted molar refractivity (Wildman–Crippen MR) is 56.4 cm³/mol. The average Bonchev–Trinajstić information content (AvgIpc) is 2.18. The van der Waals surface area contributed by atoms with Gasteiger partial charge < -0.3 is 20.1 Å². The van der Waals surface area contributed by atoms with Crippen molar-refractivity contribution in [2.45, 2.75) is 19.6 Å². The van der Waals surface area contributed by atoms with E-state index in [0.717, 1.165) is 6.08 Å². The van der Waals surface area contributed by atoms with Gasteiger partial charge in [0.05, 0.1) is 0 Å². The van der Waals surface area contributed by atoms with Crippen LogP contribution in [0.4, 0.5) is 0 Å². The van der Waals surface area contributed by atoms with Crippen molar-refractivity contribution in [1.29, 1.82) is 0 Å². The van der Waals surface area contributed by atoms with Crippen molar-refractivity contribution < 1.29 is 29.6 Å². The summed E-state index contributed by atoms with van der Waals surface area (Å²) in [7, 11) is 0. The first kappa shape index (κ1) is 16.8. The number of aliphatic hydroxyl groups is 2. The van der Waals surface area contributed by atoms with Crippen molar-refractivity contribution in [2.24, 2.45) is 0 Å². The maximum absolute atomic E-state index is 10.7. The zero-order valence-corrected chi connectivity index (χ0v) is 9.05. The van der Waals surface area contributed by atoms with Crippen molar-refractivity contribution >= 4 is 11.9 Å². The summed E-state index contributed by atoms with van der Waals surface area (Å²) in [5.41, 5.74) is 0.224. The number of hydrogen-bond donors (Lipinski definition) is 3. The SMILES string of the molecule is C=C(C)C(=O)OC(O)CCO.C=CC(=O)O. The third-order valence-electron chi connectivity index (χ3n) is 1.14. The molecule has 3 N–H and O–H groups in total. The van der Waals surface area contributed by atoms with Gasteiger partial charge in [-0.25, -0.2) is 9.59 Å². The second kappa shape index (κ2) is 9.88. The van der Waals surface area contributed by atoms with Gasteiger partial charge in [0.2, 0.25) is 6.29 Å². The summed E-state index contributed by atoms with van der Waals surface area (Å²) >= 11 is 0. The molecule has 0 fully saturated rings. The van der Waals surface area contributed by atoms with Crippen molar-refractivity contribution in [1.82, 2.24) is 0 Å². The van der Waals surface area contributed by atoms with E-state index in [1.807, 2.05) is 0 Å². The molecule has 0 spiro atoms. The standard InChI is InChI=1S/C7H12O4.C3H4O2/c1-5(2)7(10)11-6(9)3-4-8;1-2-3(4)5/h6,8-9H,1,3-4H2,2H3;2H,1H2,(H,4,5). The molecule has 0 radical (unpaired) electrons. The minimum Gasteiger partial charge on any atom is -0.478 e. The minimum atomic E-state index is -1.23. The van der Waals surface area contributed by atoms with Gasteiger partial charge >= 0.3 is 11.9 Å². The molecular weight excluding hydrogens is 216 g/mol. The molecule has 16 heavy (non-hydrogen) atoms. The van der Waals surface area contributed by atoms with Gasteiger partial charge in [-0.2, -0.15) is 0 Å². The summed E-state index contributed by atoms with van der Waals surface area (Å²) in [5, 5.41) is 24.7. The van der Waals surface area contributed by atoms with Gasteiger partial charge in [0.1, 0.15) is 0 Å². The van der Waals surface area contributed by atoms with Crippen LogP contribution in [-0.2, 0) is 14.3 Å². The van der Waals surface area contributed by atoms with Crippen LogP contribution in [0.1, 0.15) is 13.3 Å². The van der Waals surface area contributed by atoms with E-state index in [0.29, 0.717) is 0 Å². The Labute approximate surface area is 93.5 Å². The number of aliphatic carboxylic acids is 1. The third-order valence-corrected chi connectivity index (χ3v) is 1.14. The number of carbonyl (C=O) groups excluding carboxylic acids is 1. The van der Waals surface area contributed by atoms with Crippen molar-refractivity contribution in [3.63, 3.8) is 0 Å². The topological polar surface area (TPSA) is 104 Å². The van der Waals surface area contributed by atoms with Crippen molar-refractivity contribution in [2.75, 3.05) is 6.61 Å². The van der Waals surface area contributed by atoms with Crippen LogP contribution in [0.5, 0.6) is 0 Å². The highest BCUT2D eigenvalue weighted by atomic mass is 16.6. The summed E-state index contributed by atoms with van der Waals surface area (Å²) in [6.45, 7) is 7.54. The number of carboxylic acids is 1. The summed E-state index contributed by atoms with van der Waals surface area (Å²) in [5.74, 6) is -1.63. The number of ether oxygens (including phenoxy) is 1. The maximum atomic E-state index is 10.7. The van der Waals surface area contributed by atoms with Crippen LogP contribution < -0.4 is 0 Å². The number of carbonyl (C=O) groups is 2. The fourth-order valence-corrected chi connectivity index (χ4v) is 0.394. The van der Waals surface area contributed by atoms with Gasteiger partial charge in [-0.05, 0) is 6.92 Å². The molecule has 0 rings (SSSR count). The zero-order valence-electron chi connectivity index (χ0n) is 9.05. The molecule has 0 aromatic heterocycles. The van der Waals surface area contributed by atoms with E-state index in [1.54, 1.807) is 0 Å². The number of carboxylic acid groups (broad SMARTS) is 1. The molecule has 1 atom stereocenters. The van der Waals surface area contributed by atoms with Gasteiger partial charge in [-0.1, -0.05) is 13.2 Å². The molecule has 0 bridgehead atoms. The van der Waals surface area contributed by atoms with E-state index in [-0.39, 0.29) is 18.6 Å². The Morgan fingerprint density at radius 3 is 2.19 bits per heavy atom. The first-order valence-corrected chi connectivity index (χ1v) is 4.35. The fraction of sp³-hybridized carbons (Fsp3) is 0.400. The normalized spacial score (nSPS) is 10.4. The third kappa shape index (κ3) is 12.3. The smallest absolute Gasteiger partial charge is 0.335 e. The van der Waals surface area contributed by atoms with Crippen LogP contribution in [0.15, 0.2) is 24.8 Å². The first-order chi connectivity index (χ1) is 7.34. The predicted octanol–water partition coefficient (Wildman–Crippen LogP) is 0.0635. The summed E-state index contributed by atoms with van der Waals surface area (Å²) in [6, 6.07) is 0. The van der Waals surface area contributed by atoms with Crippen LogP contribution in [0, 0.1) is 0 Å². The van der Waals surface area contributed by atoms with E-state index in [9.17, 15) is 9.59 Å². The summed E-state index contributed by atoms with van der Waals surface area (Å²) in [6.07, 6.45) is -0.372. The molecule has 0 saturated carbocycles. The Morgan fingerprint density at radius 2 is 1.94 bits per heavy atom. The van der Waals surface area contributed by atoms with E-state index in [1.165, 1.54) is 6.92 Å². The van der Waals surface area contributed by atoms with E-state index in [4.69, 9.17) is 15.3 Å². The fourth-order valence-electron chi connectivity index (χ4n) is 0.394. The second-order valence-corrected chi connectivity index (χ2v) is 2.69. The van der Waals surface area contributed by atoms with Gasteiger partial charge in [0.25, 0.3) is 0 Å². The van der Waals surface area contributed by atoms with E-state index >= 15 is 0 Å². The van der Waals surface area contributed by atoms with E-state index in [2.05, 4.69) is 17.9 Å². The molecule has 0 aromatic rings. The van der Waals surface area contributed by atoms with E-state index < -0.39 is 18.2 Å². The molecule has 0 aromatic carbocycles. The summed E-state index contributed by atoms with van der Waals surface area (Å²) < 4.78 is 4.41. The van der Waals surface area contributed by atoms with Gasteiger partial charge in [-0.15, -0.1) is 0 Å². The lowest BCUT2D eigenvalue weighted by molar-refractivity contribution is -0.164. The van der Waals surface area contributed by atoms with Crippen molar-refractivity contribution in [3.05, 3.63) is 24.8 Å². The number of hydrogen-bond acceptors (Lipinski definition) is 5. The molecule has 0 heterocycles. The highest BCUT2D eigenvalue weighted by Gasteiger charge is 2.09. The highest BCUT2D eigenvalue weighted by molar-refractivity contribution is 5.86. The molecule has 1 unspecified atom stereocenters. The lowest BCUT2D eigenvalue weighted by atomic mass is 10.3. The molecule has 0 saturated heterocycles.